The lowest BCUT2D eigenvalue weighted by atomic mass is 9.69. The second-order valence-electron chi connectivity index (χ2n) is 6.33. The van der Waals surface area contributed by atoms with Crippen LogP contribution in [0.4, 0.5) is 0 Å². The molecule has 1 fully saturated rings. The first-order valence-corrected chi connectivity index (χ1v) is 6.07. The van der Waals surface area contributed by atoms with Crippen molar-refractivity contribution in [1.82, 2.24) is 4.90 Å². The van der Waals surface area contributed by atoms with Crippen LogP contribution in [-0.2, 0) is 0 Å². The zero-order chi connectivity index (χ0) is 10.9. The average Bonchev–Trinajstić information content (AvgIpc) is 1.75. The summed E-state index contributed by atoms with van der Waals surface area (Å²) < 4.78 is 0. The van der Waals surface area contributed by atoms with Crippen molar-refractivity contribution < 1.29 is 0 Å². The molecule has 14 heavy (non-hydrogen) atoms. The summed E-state index contributed by atoms with van der Waals surface area (Å²) in [6, 6.07) is 0.737. The number of nitrogens with zero attached hydrogens (tertiary/aromatic N) is 1. The smallest absolute Gasteiger partial charge is 0.00388 e. The second-order valence-corrected chi connectivity index (χ2v) is 6.33. The van der Waals surface area contributed by atoms with Gasteiger partial charge in [0.05, 0.1) is 0 Å². The fourth-order valence-electron chi connectivity index (χ4n) is 2.65. The third-order valence-corrected chi connectivity index (χ3v) is 3.68. The first-order chi connectivity index (χ1) is 6.33. The van der Waals surface area contributed by atoms with E-state index in [1.807, 2.05) is 0 Å². The predicted molar refractivity (Wildman–Crippen MR) is 63.4 cm³/mol. The molecule has 1 aliphatic heterocycles. The molecule has 1 heteroatoms. The molecule has 1 heterocycles. The molecule has 0 N–H and O–H groups in total. The molecule has 0 saturated carbocycles. The Balaban J connectivity index is 2.37. The van der Waals surface area contributed by atoms with Gasteiger partial charge in [-0.05, 0) is 37.5 Å². The molecule has 0 bridgehead atoms. The molecular formula is C13H27N. The van der Waals surface area contributed by atoms with E-state index in [0.29, 0.717) is 5.41 Å². The molecule has 1 aliphatic rings. The summed E-state index contributed by atoms with van der Waals surface area (Å²) in [5.41, 5.74) is 0.541. The van der Waals surface area contributed by atoms with Crippen LogP contribution in [0.1, 0.15) is 48.0 Å². The maximum atomic E-state index is 2.58. The average molecular weight is 197 g/mol. The molecule has 0 atom stereocenters. The minimum Gasteiger partial charge on any atom is -0.300 e. The first kappa shape index (κ1) is 12.0. The van der Waals surface area contributed by atoms with Crippen molar-refractivity contribution in [2.45, 2.75) is 54.0 Å². The van der Waals surface area contributed by atoms with Crippen LogP contribution in [0.5, 0.6) is 0 Å². The fraction of sp³-hybridized carbons (Fsp3) is 1.00. The van der Waals surface area contributed by atoms with Gasteiger partial charge in [0.1, 0.15) is 0 Å². The fourth-order valence-corrected chi connectivity index (χ4v) is 2.65. The van der Waals surface area contributed by atoms with Gasteiger partial charge >= 0.3 is 0 Å². The largest absolute Gasteiger partial charge is 0.300 e. The Morgan fingerprint density at radius 2 is 1.64 bits per heavy atom. The molecule has 0 radical (unpaired) electrons. The third kappa shape index (κ3) is 2.73. The molecular weight excluding hydrogens is 170 g/mol. The maximum absolute atomic E-state index is 2.58. The van der Waals surface area contributed by atoms with Crippen LogP contribution in [0.15, 0.2) is 0 Å². The Bertz CT molecular complexity index is 176. The zero-order valence-corrected chi connectivity index (χ0v) is 10.8. The van der Waals surface area contributed by atoms with E-state index in [1.165, 1.54) is 19.5 Å². The lowest BCUT2D eigenvalue weighted by Crippen LogP contribution is -2.55. The van der Waals surface area contributed by atoms with Gasteiger partial charge in [0, 0.05) is 19.1 Å². The number of hydrogen-bond acceptors (Lipinski definition) is 1. The van der Waals surface area contributed by atoms with E-state index < -0.39 is 0 Å². The molecule has 0 aromatic rings. The summed E-state index contributed by atoms with van der Waals surface area (Å²) in [6.07, 6.45) is 1.36. The minimum atomic E-state index is 0.541. The van der Waals surface area contributed by atoms with Gasteiger partial charge in [0.25, 0.3) is 0 Å². The van der Waals surface area contributed by atoms with E-state index in [4.69, 9.17) is 0 Å². The Hall–Kier alpha value is -0.0400. The van der Waals surface area contributed by atoms with Crippen molar-refractivity contribution in [3.8, 4) is 0 Å². The SMILES string of the molecule is CC(C)CC(C)(C)C1CN(C(C)C)C1. The Morgan fingerprint density at radius 1 is 1.14 bits per heavy atom. The lowest BCUT2D eigenvalue weighted by Gasteiger charge is -2.50. The molecule has 1 rings (SSSR count). The minimum absolute atomic E-state index is 0.541. The van der Waals surface area contributed by atoms with Gasteiger partial charge in [0.2, 0.25) is 0 Å². The highest BCUT2D eigenvalue weighted by Crippen LogP contribution is 2.39. The van der Waals surface area contributed by atoms with Gasteiger partial charge in [-0.25, -0.2) is 0 Å². The standard InChI is InChI=1S/C13H27N/c1-10(2)7-13(5,6)12-8-14(9-12)11(3)4/h10-12H,7-9H2,1-6H3. The maximum Gasteiger partial charge on any atom is 0.00388 e. The topological polar surface area (TPSA) is 3.24 Å². The summed E-state index contributed by atoms with van der Waals surface area (Å²) in [5.74, 6) is 1.75. The molecule has 0 aromatic carbocycles. The number of likely N-dealkylation sites (tertiary alicyclic amines) is 1. The molecule has 0 unspecified atom stereocenters. The first-order valence-electron chi connectivity index (χ1n) is 6.07. The molecule has 0 amide bonds. The van der Waals surface area contributed by atoms with Crippen LogP contribution in [0.3, 0.4) is 0 Å². The highest BCUT2D eigenvalue weighted by Gasteiger charge is 2.39. The van der Waals surface area contributed by atoms with Crippen LogP contribution in [0.2, 0.25) is 0 Å². The zero-order valence-electron chi connectivity index (χ0n) is 10.8. The van der Waals surface area contributed by atoms with Gasteiger partial charge in [0.15, 0.2) is 0 Å². The molecule has 1 saturated heterocycles. The molecule has 0 spiro atoms. The second kappa shape index (κ2) is 4.22. The normalized spacial score (nSPS) is 20.6. The van der Waals surface area contributed by atoms with Gasteiger partial charge in [-0.1, -0.05) is 27.7 Å². The van der Waals surface area contributed by atoms with Crippen molar-refractivity contribution >= 4 is 0 Å². The quantitative estimate of drug-likeness (QED) is 0.667. The van der Waals surface area contributed by atoms with Crippen LogP contribution in [-0.4, -0.2) is 24.0 Å². The summed E-state index contributed by atoms with van der Waals surface area (Å²) >= 11 is 0. The molecule has 1 nitrogen and oxygen atoms in total. The van der Waals surface area contributed by atoms with Gasteiger partial charge in [-0.15, -0.1) is 0 Å². The van der Waals surface area contributed by atoms with Gasteiger partial charge in [-0.2, -0.15) is 0 Å². The predicted octanol–water partition coefficient (Wildman–Crippen LogP) is 3.40. The van der Waals surface area contributed by atoms with E-state index in [-0.39, 0.29) is 0 Å². The summed E-state index contributed by atoms with van der Waals surface area (Å²) in [4.78, 5) is 2.58. The highest BCUT2D eigenvalue weighted by molar-refractivity contribution is 4.91. The van der Waals surface area contributed by atoms with Crippen LogP contribution in [0, 0.1) is 17.3 Å². The van der Waals surface area contributed by atoms with E-state index >= 15 is 0 Å². The van der Waals surface area contributed by atoms with Crippen molar-refractivity contribution in [2.24, 2.45) is 17.3 Å². The van der Waals surface area contributed by atoms with E-state index in [0.717, 1.165) is 17.9 Å². The summed E-state index contributed by atoms with van der Waals surface area (Å²) in [6.45, 7) is 16.8. The van der Waals surface area contributed by atoms with Crippen molar-refractivity contribution in [3.05, 3.63) is 0 Å². The van der Waals surface area contributed by atoms with E-state index in [1.54, 1.807) is 0 Å². The Kier molecular flexibility index (Phi) is 3.63. The number of rotatable bonds is 4. The van der Waals surface area contributed by atoms with Crippen LogP contribution in [0.25, 0.3) is 0 Å². The molecule has 0 aliphatic carbocycles. The van der Waals surface area contributed by atoms with Crippen molar-refractivity contribution in [1.29, 1.82) is 0 Å². The van der Waals surface area contributed by atoms with E-state index in [9.17, 15) is 0 Å². The van der Waals surface area contributed by atoms with E-state index in [2.05, 4.69) is 46.4 Å². The third-order valence-electron chi connectivity index (χ3n) is 3.68. The van der Waals surface area contributed by atoms with Crippen molar-refractivity contribution in [2.75, 3.05) is 13.1 Å². The lowest BCUT2D eigenvalue weighted by molar-refractivity contribution is -0.0139. The summed E-state index contributed by atoms with van der Waals surface area (Å²) in [5, 5.41) is 0. The Labute approximate surface area is 89.9 Å². The molecule has 84 valence electrons. The van der Waals surface area contributed by atoms with Crippen LogP contribution >= 0.6 is 0 Å². The van der Waals surface area contributed by atoms with Crippen molar-refractivity contribution in [3.63, 3.8) is 0 Å². The highest BCUT2D eigenvalue weighted by atomic mass is 15.2. The molecule has 0 aromatic heterocycles. The summed E-state index contributed by atoms with van der Waals surface area (Å²) in [7, 11) is 0. The van der Waals surface area contributed by atoms with Gasteiger partial charge < -0.3 is 4.90 Å². The van der Waals surface area contributed by atoms with Crippen LogP contribution < -0.4 is 0 Å². The number of hydrogen-bond donors (Lipinski definition) is 0. The Morgan fingerprint density at radius 3 is 2.00 bits per heavy atom. The van der Waals surface area contributed by atoms with Gasteiger partial charge in [-0.3, -0.25) is 0 Å². The monoisotopic (exact) mass is 197 g/mol.